The highest BCUT2D eigenvalue weighted by atomic mass is 79.9. The van der Waals surface area contributed by atoms with E-state index in [1.54, 1.807) is 30.3 Å². The van der Waals surface area contributed by atoms with Crippen LogP contribution in [0, 0.1) is 0 Å². The molecule has 0 atom stereocenters. The molecule has 1 aliphatic rings. The van der Waals surface area contributed by atoms with Crippen molar-refractivity contribution in [1.29, 1.82) is 0 Å². The van der Waals surface area contributed by atoms with Crippen LogP contribution in [0.3, 0.4) is 0 Å². The molecule has 0 aromatic heterocycles. The monoisotopic (exact) mass is 473 g/mol. The smallest absolute Gasteiger partial charge is 0.335 e. The molecule has 148 valence electrons. The molecule has 1 N–H and O–H groups in total. The standard InChI is InChI=1S/C21H16BrNO5S/c1-2-9-23-19(24)18(29-21(23)27)11-15-10-16(22)7-8-17(15)28-12-13-3-5-14(6-4-13)20(25)26/h2-8,10-11H,1,9,12H2,(H,25,26)/b18-11+. The van der Waals surface area contributed by atoms with E-state index in [2.05, 4.69) is 22.5 Å². The first-order valence-corrected chi connectivity index (χ1v) is 10.1. The second-order valence-corrected chi connectivity index (χ2v) is 7.96. The van der Waals surface area contributed by atoms with Gasteiger partial charge in [0.1, 0.15) is 12.4 Å². The number of rotatable bonds is 7. The summed E-state index contributed by atoms with van der Waals surface area (Å²) >= 11 is 4.28. The summed E-state index contributed by atoms with van der Waals surface area (Å²) in [4.78, 5) is 36.8. The Morgan fingerprint density at radius 3 is 2.59 bits per heavy atom. The average Bonchev–Trinajstić information content (AvgIpc) is 2.95. The third kappa shape index (κ3) is 4.96. The van der Waals surface area contributed by atoms with E-state index >= 15 is 0 Å². The number of hydrogen-bond acceptors (Lipinski definition) is 5. The molecule has 0 bridgehead atoms. The lowest BCUT2D eigenvalue weighted by molar-refractivity contribution is -0.122. The van der Waals surface area contributed by atoms with Crippen molar-refractivity contribution in [2.45, 2.75) is 6.61 Å². The molecule has 6 nitrogen and oxygen atoms in total. The predicted molar refractivity (Wildman–Crippen MR) is 115 cm³/mol. The van der Waals surface area contributed by atoms with Crippen LogP contribution in [0.2, 0.25) is 0 Å². The minimum absolute atomic E-state index is 0.163. The molecule has 29 heavy (non-hydrogen) atoms. The van der Waals surface area contributed by atoms with Crippen LogP contribution < -0.4 is 4.74 Å². The molecule has 1 heterocycles. The first-order chi connectivity index (χ1) is 13.9. The quantitative estimate of drug-likeness (QED) is 0.452. The summed E-state index contributed by atoms with van der Waals surface area (Å²) in [6, 6.07) is 11.8. The minimum atomic E-state index is -0.988. The van der Waals surface area contributed by atoms with E-state index in [0.717, 1.165) is 26.7 Å². The SMILES string of the molecule is C=CCN1C(=O)S/C(=C/c2cc(Br)ccc2OCc2ccc(C(=O)O)cc2)C1=O. The number of carboxylic acid groups (broad SMARTS) is 1. The van der Waals surface area contributed by atoms with E-state index < -0.39 is 5.97 Å². The number of carbonyl (C=O) groups excluding carboxylic acids is 2. The lowest BCUT2D eigenvalue weighted by Gasteiger charge is -2.11. The van der Waals surface area contributed by atoms with Gasteiger partial charge in [0.15, 0.2) is 0 Å². The molecule has 0 radical (unpaired) electrons. The predicted octanol–water partition coefficient (Wildman–Crippen LogP) is 4.95. The summed E-state index contributed by atoms with van der Waals surface area (Å²) in [7, 11) is 0. The van der Waals surface area contributed by atoms with Gasteiger partial charge in [0.2, 0.25) is 0 Å². The van der Waals surface area contributed by atoms with Gasteiger partial charge < -0.3 is 9.84 Å². The zero-order valence-corrected chi connectivity index (χ0v) is 17.5. The van der Waals surface area contributed by atoms with Crippen molar-refractivity contribution in [2.24, 2.45) is 0 Å². The lowest BCUT2D eigenvalue weighted by atomic mass is 10.1. The number of amides is 2. The van der Waals surface area contributed by atoms with Gasteiger partial charge in [0, 0.05) is 16.6 Å². The van der Waals surface area contributed by atoms with Crippen molar-refractivity contribution in [1.82, 2.24) is 4.90 Å². The maximum absolute atomic E-state index is 12.4. The number of carboxylic acids is 1. The highest BCUT2D eigenvalue weighted by Gasteiger charge is 2.34. The van der Waals surface area contributed by atoms with Gasteiger partial charge in [-0.05, 0) is 53.7 Å². The van der Waals surface area contributed by atoms with Crippen LogP contribution in [-0.4, -0.2) is 33.7 Å². The summed E-state index contributed by atoms with van der Waals surface area (Å²) in [6.07, 6.45) is 3.13. The fourth-order valence-electron chi connectivity index (χ4n) is 2.60. The third-order valence-electron chi connectivity index (χ3n) is 4.04. The summed E-state index contributed by atoms with van der Waals surface area (Å²) in [5, 5.41) is 8.63. The molecule has 0 spiro atoms. The number of ether oxygens (including phenoxy) is 1. The van der Waals surface area contributed by atoms with Gasteiger partial charge >= 0.3 is 5.97 Å². The van der Waals surface area contributed by atoms with Crippen molar-refractivity contribution < 1.29 is 24.2 Å². The summed E-state index contributed by atoms with van der Waals surface area (Å²) in [6.45, 7) is 3.95. The van der Waals surface area contributed by atoms with Crippen LogP contribution in [0.25, 0.3) is 6.08 Å². The molecule has 1 aliphatic heterocycles. The van der Waals surface area contributed by atoms with Gasteiger partial charge in [-0.3, -0.25) is 14.5 Å². The van der Waals surface area contributed by atoms with Gasteiger partial charge in [0.05, 0.1) is 10.5 Å². The molecule has 2 amide bonds. The van der Waals surface area contributed by atoms with Crippen molar-refractivity contribution in [3.63, 3.8) is 0 Å². The zero-order valence-electron chi connectivity index (χ0n) is 15.1. The van der Waals surface area contributed by atoms with E-state index in [9.17, 15) is 14.4 Å². The van der Waals surface area contributed by atoms with Crippen LogP contribution in [0.4, 0.5) is 4.79 Å². The van der Waals surface area contributed by atoms with E-state index in [-0.39, 0.29) is 29.9 Å². The Balaban J connectivity index is 1.81. The van der Waals surface area contributed by atoms with Crippen molar-refractivity contribution in [3.8, 4) is 5.75 Å². The van der Waals surface area contributed by atoms with Gasteiger partial charge in [-0.1, -0.05) is 34.1 Å². The molecule has 8 heteroatoms. The molecule has 1 fully saturated rings. The Bertz CT molecular complexity index is 1020. The molecule has 2 aromatic carbocycles. The second kappa shape index (κ2) is 9.11. The van der Waals surface area contributed by atoms with Crippen LogP contribution in [-0.2, 0) is 11.4 Å². The van der Waals surface area contributed by atoms with Crippen LogP contribution in [0.1, 0.15) is 21.5 Å². The van der Waals surface area contributed by atoms with E-state index in [0.29, 0.717) is 16.2 Å². The van der Waals surface area contributed by atoms with Gasteiger partial charge in [-0.2, -0.15) is 0 Å². The first-order valence-electron chi connectivity index (χ1n) is 8.50. The van der Waals surface area contributed by atoms with Gasteiger partial charge in [-0.25, -0.2) is 4.79 Å². The third-order valence-corrected chi connectivity index (χ3v) is 5.44. The number of carbonyl (C=O) groups is 3. The second-order valence-electron chi connectivity index (χ2n) is 6.05. The Labute approximate surface area is 180 Å². The summed E-state index contributed by atoms with van der Waals surface area (Å²) in [5.74, 6) is -0.820. The highest BCUT2D eigenvalue weighted by Crippen LogP contribution is 2.35. The number of hydrogen-bond donors (Lipinski definition) is 1. The first kappa shape index (κ1) is 20.9. The Morgan fingerprint density at radius 2 is 1.93 bits per heavy atom. The molecule has 1 saturated heterocycles. The fraction of sp³-hybridized carbons (Fsp3) is 0.0952. The normalized spacial score (nSPS) is 15.1. The van der Waals surface area contributed by atoms with E-state index in [4.69, 9.17) is 9.84 Å². The van der Waals surface area contributed by atoms with Gasteiger partial charge in [-0.15, -0.1) is 6.58 Å². The Kier molecular flexibility index (Phi) is 6.56. The Hall–Kier alpha value is -2.84. The summed E-state index contributed by atoms with van der Waals surface area (Å²) < 4.78 is 6.68. The maximum Gasteiger partial charge on any atom is 0.335 e. The molecule has 2 aromatic rings. The van der Waals surface area contributed by atoms with Crippen molar-refractivity contribution in [2.75, 3.05) is 6.54 Å². The fourth-order valence-corrected chi connectivity index (χ4v) is 3.81. The van der Waals surface area contributed by atoms with Crippen LogP contribution >= 0.6 is 27.7 Å². The minimum Gasteiger partial charge on any atom is -0.488 e. The Morgan fingerprint density at radius 1 is 1.21 bits per heavy atom. The number of halogens is 1. The molecule has 0 saturated carbocycles. The molecule has 0 unspecified atom stereocenters. The summed E-state index contributed by atoms with van der Waals surface area (Å²) in [5.41, 5.74) is 1.65. The number of aromatic carboxylic acids is 1. The van der Waals surface area contributed by atoms with Crippen molar-refractivity contribution in [3.05, 3.63) is 81.2 Å². The number of nitrogens with zero attached hydrogens (tertiary/aromatic N) is 1. The number of thioether (sulfide) groups is 1. The largest absolute Gasteiger partial charge is 0.488 e. The topological polar surface area (TPSA) is 83.9 Å². The zero-order chi connectivity index (χ0) is 21.0. The number of benzene rings is 2. The number of imide groups is 1. The van der Waals surface area contributed by atoms with Gasteiger partial charge in [0.25, 0.3) is 11.1 Å². The lowest BCUT2D eigenvalue weighted by Crippen LogP contribution is -2.27. The maximum atomic E-state index is 12.4. The average molecular weight is 474 g/mol. The van der Waals surface area contributed by atoms with Crippen LogP contribution in [0.15, 0.2) is 64.5 Å². The highest BCUT2D eigenvalue weighted by molar-refractivity contribution is 9.10. The van der Waals surface area contributed by atoms with E-state index in [1.165, 1.54) is 18.2 Å². The molecule has 0 aliphatic carbocycles. The molecule has 3 rings (SSSR count). The molecular formula is C21H16BrNO5S. The van der Waals surface area contributed by atoms with Crippen molar-refractivity contribution >= 4 is 50.9 Å². The molecular weight excluding hydrogens is 458 g/mol. The van der Waals surface area contributed by atoms with Crippen LogP contribution in [0.5, 0.6) is 5.75 Å². The van der Waals surface area contributed by atoms with E-state index in [1.807, 2.05) is 6.07 Å².